The van der Waals surface area contributed by atoms with Gasteiger partial charge in [0.2, 0.25) is 12.3 Å². The molecule has 0 spiro atoms. The van der Waals surface area contributed by atoms with Crippen LogP contribution in [0, 0.1) is 10.1 Å². The van der Waals surface area contributed by atoms with Crippen LogP contribution >= 0.6 is 0 Å². The summed E-state index contributed by atoms with van der Waals surface area (Å²) < 4.78 is 0. The molecule has 0 aliphatic rings. The molecule has 0 saturated carbocycles. The standard InChI is InChI=1S/C10H11N3O5/c14-4-3-10(16)12-7-1-2-8(11-6-15)9(5-7)13(17)18/h1-2,5-6,14H,3-4H2,(H,11,15)(H,12,16). The predicted octanol–water partition coefficient (Wildman–Crippen LogP) is 0.484. The van der Waals surface area contributed by atoms with Crippen molar-refractivity contribution in [3.05, 3.63) is 28.3 Å². The first-order chi connectivity index (χ1) is 8.58. The Balaban J connectivity index is 2.96. The third-order valence-electron chi connectivity index (χ3n) is 2.03. The van der Waals surface area contributed by atoms with Gasteiger partial charge < -0.3 is 15.7 Å². The largest absolute Gasteiger partial charge is 0.396 e. The average molecular weight is 253 g/mol. The molecule has 3 N–H and O–H groups in total. The maximum Gasteiger partial charge on any atom is 0.294 e. The second kappa shape index (κ2) is 6.30. The molecule has 0 heterocycles. The van der Waals surface area contributed by atoms with Gasteiger partial charge >= 0.3 is 0 Å². The minimum atomic E-state index is -0.673. The number of nitrogens with one attached hydrogen (secondary N) is 2. The van der Waals surface area contributed by atoms with Crippen LogP contribution in [0.25, 0.3) is 0 Å². The van der Waals surface area contributed by atoms with Gasteiger partial charge in [-0.05, 0) is 12.1 Å². The smallest absolute Gasteiger partial charge is 0.294 e. The monoisotopic (exact) mass is 253 g/mol. The van der Waals surface area contributed by atoms with Gasteiger partial charge in [-0.2, -0.15) is 0 Å². The number of carbonyl (C=O) groups excluding carboxylic acids is 2. The van der Waals surface area contributed by atoms with Crippen LogP contribution in [0.5, 0.6) is 0 Å². The fourth-order valence-electron chi connectivity index (χ4n) is 1.27. The van der Waals surface area contributed by atoms with Gasteiger partial charge in [0.05, 0.1) is 18.0 Å². The minimum Gasteiger partial charge on any atom is -0.396 e. The maximum atomic E-state index is 11.2. The Kier molecular flexibility index (Phi) is 4.76. The highest BCUT2D eigenvalue weighted by Gasteiger charge is 2.15. The molecule has 0 unspecified atom stereocenters. The van der Waals surface area contributed by atoms with Gasteiger partial charge in [-0.25, -0.2) is 0 Å². The van der Waals surface area contributed by atoms with Crippen molar-refractivity contribution < 1.29 is 19.6 Å². The molecule has 0 aliphatic heterocycles. The number of benzene rings is 1. The van der Waals surface area contributed by atoms with E-state index in [2.05, 4.69) is 10.6 Å². The zero-order chi connectivity index (χ0) is 13.5. The fourth-order valence-corrected chi connectivity index (χ4v) is 1.27. The highest BCUT2D eigenvalue weighted by atomic mass is 16.6. The minimum absolute atomic E-state index is 0.0372. The van der Waals surface area contributed by atoms with E-state index in [4.69, 9.17) is 5.11 Å². The van der Waals surface area contributed by atoms with Gasteiger partial charge in [0.15, 0.2) is 0 Å². The van der Waals surface area contributed by atoms with Crippen LogP contribution in [0.3, 0.4) is 0 Å². The van der Waals surface area contributed by atoms with Gasteiger partial charge in [0, 0.05) is 11.8 Å². The van der Waals surface area contributed by atoms with Crippen LogP contribution in [-0.4, -0.2) is 29.0 Å². The SMILES string of the molecule is O=CNc1ccc(NC(=O)CCO)cc1[N+](=O)[O-]. The van der Waals surface area contributed by atoms with E-state index in [-0.39, 0.29) is 30.1 Å². The van der Waals surface area contributed by atoms with E-state index < -0.39 is 10.8 Å². The van der Waals surface area contributed by atoms with Crippen LogP contribution in [0.1, 0.15) is 6.42 Å². The second-order valence-electron chi connectivity index (χ2n) is 3.27. The van der Waals surface area contributed by atoms with E-state index in [9.17, 15) is 19.7 Å². The van der Waals surface area contributed by atoms with E-state index in [1.807, 2.05) is 0 Å². The summed E-state index contributed by atoms with van der Waals surface area (Å²) in [5.41, 5.74) is -0.0735. The molecular formula is C10H11N3O5. The Morgan fingerprint density at radius 2 is 2.22 bits per heavy atom. The normalized spacial score (nSPS) is 9.61. The summed E-state index contributed by atoms with van der Waals surface area (Å²) in [4.78, 5) is 31.5. The summed E-state index contributed by atoms with van der Waals surface area (Å²) in [6.45, 7) is -0.307. The zero-order valence-electron chi connectivity index (χ0n) is 9.25. The van der Waals surface area contributed by atoms with E-state index in [0.29, 0.717) is 6.41 Å². The van der Waals surface area contributed by atoms with Crippen molar-refractivity contribution in [3.63, 3.8) is 0 Å². The lowest BCUT2D eigenvalue weighted by Gasteiger charge is -2.06. The van der Waals surface area contributed by atoms with Crippen LogP contribution in [0.4, 0.5) is 17.1 Å². The topological polar surface area (TPSA) is 122 Å². The Bertz CT molecular complexity index is 475. The summed E-state index contributed by atoms with van der Waals surface area (Å²) in [5.74, 6) is -0.456. The molecule has 0 radical (unpaired) electrons. The first-order valence-electron chi connectivity index (χ1n) is 4.98. The third-order valence-corrected chi connectivity index (χ3v) is 2.03. The number of hydrogen-bond acceptors (Lipinski definition) is 5. The Labute approximate surface area is 102 Å². The number of anilines is 2. The number of aliphatic hydroxyl groups is 1. The summed E-state index contributed by atoms with van der Waals surface area (Å²) in [6.07, 6.45) is 0.231. The average Bonchev–Trinajstić information content (AvgIpc) is 2.31. The molecule has 0 aliphatic carbocycles. The van der Waals surface area contributed by atoms with Gasteiger partial charge in [0.1, 0.15) is 5.69 Å². The van der Waals surface area contributed by atoms with Gasteiger partial charge in [-0.3, -0.25) is 19.7 Å². The van der Waals surface area contributed by atoms with Crippen molar-refractivity contribution in [1.82, 2.24) is 0 Å². The molecule has 8 nitrogen and oxygen atoms in total. The molecule has 1 aromatic rings. The molecule has 96 valence electrons. The van der Waals surface area contributed by atoms with Crippen LogP contribution in [0.15, 0.2) is 18.2 Å². The lowest BCUT2D eigenvalue weighted by atomic mass is 10.2. The molecule has 0 saturated heterocycles. The van der Waals surface area contributed by atoms with Crippen LogP contribution in [0.2, 0.25) is 0 Å². The number of aliphatic hydroxyl groups excluding tert-OH is 1. The summed E-state index contributed by atoms with van der Waals surface area (Å²) in [7, 11) is 0. The van der Waals surface area contributed by atoms with Crippen molar-refractivity contribution in [2.45, 2.75) is 6.42 Å². The lowest BCUT2D eigenvalue weighted by molar-refractivity contribution is -0.383. The summed E-state index contributed by atoms with van der Waals surface area (Å²) in [6, 6.07) is 3.84. The number of hydrogen-bond donors (Lipinski definition) is 3. The molecule has 0 atom stereocenters. The Hall–Kier alpha value is -2.48. The van der Waals surface area contributed by atoms with E-state index >= 15 is 0 Å². The fraction of sp³-hybridized carbons (Fsp3) is 0.200. The quantitative estimate of drug-likeness (QED) is 0.387. The van der Waals surface area contributed by atoms with Crippen molar-refractivity contribution >= 4 is 29.4 Å². The van der Waals surface area contributed by atoms with Gasteiger partial charge in [0.25, 0.3) is 5.69 Å². The molecule has 1 aromatic carbocycles. The molecule has 0 fully saturated rings. The summed E-state index contributed by atoms with van der Waals surface area (Å²) in [5, 5.41) is 23.9. The molecule has 0 aromatic heterocycles. The second-order valence-corrected chi connectivity index (χ2v) is 3.27. The first kappa shape index (κ1) is 13.6. The molecule has 18 heavy (non-hydrogen) atoms. The van der Waals surface area contributed by atoms with Crippen LogP contribution in [-0.2, 0) is 9.59 Å². The number of nitro groups is 1. The zero-order valence-corrected chi connectivity index (χ0v) is 9.25. The number of nitrogens with zero attached hydrogens (tertiary/aromatic N) is 1. The molecule has 0 bridgehead atoms. The molecule has 1 rings (SSSR count). The predicted molar refractivity (Wildman–Crippen MR) is 63.1 cm³/mol. The maximum absolute atomic E-state index is 11.2. The van der Waals surface area contributed by atoms with Gasteiger partial charge in [-0.1, -0.05) is 0 Å². The third kappa shape index (κ3) is 3.52. The van der Waals surface area contributed by atoms with Crippen molar-refractivity contribution in [2.24, 2.45) is 0 Å². The highest BCUT2D eigenvalue weighted by molar-refractivity contribution is 5.92. The van der Waals surface area contributed by atoms with E-state index in [1.165, 1.54) is 12.1 Å². The van der Waals surface area contributed by atoms with E-state index in [0.717, 1.165) is 6.07 Å². The van der Waals surface area contributed by atoms with E-state index in [1.54, 1.807) is 0 Å². The van der Waals surface area contributed by atoms with Crippen molar-refractivity contribution in [3.8, 4) is 0 Å². The molecular weight excluding hydrogens is 242 g/mol. The summed E-state index contributed by atoms with van der Waals surface area (Å²) >= 11 is 0. The number of nitro benzene ring substituents is 1. The van der Waals surface area contributed by atoms with Gasteiger partial charge in [-0.15, -0.1) is 0 Å². The Morgan fingerprint density at radius 3 is 2.78 bits per heavy atom. The number of amides is 2. The lowest BCUT2D eigenvalue weighted by Crippen LogP contribution is -2.13. The highest BCUT2D eigenvalue weighted by Crippen LogP contribution is 2.27. The Morgan fingerprint density at radius 1 is 1.50 bits per heavy atom. The van der Waals surface area contributed by atoms with Crippen LogP contribution < -0.4 is 10.6 Å². The van der Waals surface area contributed by atoms with Crippen molar-refractivity contribution in [1.29, 1.82) is 0 Å². The first-order valence-corrected chi connectivity index (χ1v) is 4.98. The molecule has 8 heteroatoms. The number of rotatable bonds is 6. The number of carbonyl (C=O) groups is 2. The van der Waals surface area contributed by atoms with Crippen molar-refractivity contribution in [2.75, 3.05) is 17.2 Å². The molecule has 2 amide bonds.